The van der Waals surface area contributed by atoms with Crippen LogP contribution in [0.1, 0.15) is 20.8 Å². The molecule has 0 aliphatic carbocycles. The lowest BCUT2D eigenvalue weighted by Gasteiger charge is -2.35. The molecule has 9 heteroatoms. The second-order valence-electron chi connectivity index (χ2n) is 7.72. The summed E-state index contributed by atoms with van der Waals surface area (Å²) in [6.07, 6.45) is 1.51. The molecule has 0 unspecified atom stereocenters. The van der Waals surface area contributed by atoms with E-state index in [1.54, 1.807) is 21.9 Å². The van der Waals surface area contributed by atoms with Crippen molar-refractivity contribution in [2.75, 3.05) is 26.2 Å². The van der Waals surface area contributed by atoms with Crippen molar-refractivity contribution >= 4 is 28.6 Å². The molecule has 1 aromatic heterocycles. The van der Waals surface area contributed by atoms with Gasteiger partial charge in [-0.3, -0.25) is 4.79 Å². The Balaban J connectivity index is 1.60. The molecule has 0 bridgehead atoms. The number of hydrogen-bond donors (Lipinski definition) is 0. The van der Waals surface area contributed by atoms with Gasteiger partial charge in [0.15, 0.2) is 0 Å². The fraction of sp³-hybridized carbons (Fsp3) is 0.474. The van der Waals surface area contributed by atoms with Crippen molar-refractivity contribution in [3.63, 3.8) is 0 Å². The van der Waals surface area contributed by atoms with E-state index >= 15 is 0 Å². The van der Waals surface area contributed by atoms with Gasteiger partial charge >= 0.3 is 6.09 Å². The van der Waals surface area contributed by atoms with E-state index in [-0.39, 0.29) is 18.5 Å². The van der Waals surface area contributed by atoms with E-state index in [0.29, 0.717) is 31.9 Å². The Labute approximate surface area is 163 Å². The zero-order valence-electron chi connectivity index (χ0n) is 16.3. The molecule has 0 radical (unpaired) electrons. The van der Waals surface area contributed by atoms with Gasteiger partial charge in [-0.2, -0.15) is 0 Å². The van der Waals surface area contributed by atoms with E-state index in [9.17, 15) is 9.59 Å². The first kappa shape index (κ1) is 19.6. The number of fused-ring (bicyclic) bond motifs is 1. The number of aromatic nitrogens is 1. The van der Waals surface area contributed by atoms with Crippen LogP contribution in [0.25, 0.3) is 21.3 Å². The number of rotatable bonds is 3. The number of ether oxygens (including phenoxy) is 1. The van der Waals surface area contributed by atoms with Crippen molar-refractivity contribution in [2.45, 2.75) is 32.9 Å². The summed E-state index contributed by atoms with van der Waals surface area (Å²) < 4.78 is 7.26. The highest BCUT2D eigenvalue weighted by Crippen LogP contribution is 2.23. The largest absolute Gasteiger partial charge is 0.444 e. The first-order valence-corrected chi connectivity index (χ1v) is 9.16. The first-order chi connectivity index (χ1) is 13.3. The summed E-state index contributed by atoms with van der Waals surface area (Å²) >= 11 is 0. The van der Waals surface area contributed by atoms with Gasteiger partial charge in [0.05, 0.1) is 0 Å². The maximum atomic E-state index is 12.7. The Morgan fingerprint density at radius 2 is 1.82 bits per heavy atom. The van der Waals surface area contributed by atoms with Crippen LogP contribution in [-0.4, -0.2) is 58.1 Å². The number of nitrogens with zero attached hydrogens (tertiary/aromatic N) is 6. The number of hydrogen-bond acceptors (Lipinski definition) is 4. The molecule has 9 nitrogen and oxygen atoms in total. The Kier molecular flexibility index (Phi) is 5.46. The molecule has 2 amide bonds. The maximum absolute atomic E-state index is 12.7. The highest BCUT2D eigenvalue weighted by molar-refractivity contribution is 5.85. The normalized spacial score (nSPS) is 14.7. The minimum atomic E-state index is -0.530. The standard InChI is InChI=1S/C19H24N6O3/c1-19(2,3)28-18(27)24-10-8-23(9-11-24)17(26)13-25-7-6-14-12-15(21-22-20)4-5-16(14)25/h4-7,12H,8-11,13H2,1-3H3. The summed E-state index contributed by atoms with van der Waals surface area (Å²) in [4.78, 5) is 31.0. The van der Waals surface area contributed by atoms with Gasteiger partial charge in [-0.25, -0.2) is 4.79 Å². The van der Waals surface area contributed by atoms with Gasteiger partial charge in [-0.05, 0) is 44.5 Å². The van der Waals surface area contributed by atoms with Crippen LogP contribution in [0.4, 0.5) is 10.5 Å². The number of piperazine rings is 1. The molecular formula is C19H24N6O3. The van der Waals surface area contributed by atoms with Crippen LogP contribution in [0.2, 0.25) is 0 Å². The summed E-state index contributed by atoms with van der Waals surface area (Å²) in [5.74, 6) is 0.000427. The molecule has 2 heterocycles. The third kappa shape index (κ3) is 4.55. The van der Waals surface area contributed by atoms with Crippen molar-refractivity contribution in [3.8, 4) is 0 Å². The van der Waals surface area contributed by atoms with Gasteiger partial charge in [0.25, 0.3) is 0 Å². The summed E-state index contributed by atoms with van der Waals surface area (Å²) in [7, 11) is 0. The van der Waals surface area contributed by atoms with Crippen LogP contribution in [0, 0.1) is 0 Å². The molecule has 2 aromatic rings. The third-order valence-corrected chi connectivity index (χ3v) is 4.50. The van der Waals surface area contributed by atoms with E-state index in [4.69, 9.17) is 10.3 Å². The van der Waals surface area contributed by atoms with E-state index < -0.39 is 5.60 Å². The molecule has 0 atom stereocenters. The summed E-state index contributed by atoms with van der Waals surface area (Å²) in [5, 5.41) is 4.51. The van der Waals surface area contributed by atoms with Crippen LogP contribution in [0.3, 0.4) is 0 Å². The van der Waals surface area contributed by atoms with E-state index in [2.05, 4.69) is 10.0 Å². The predicted molar refractivity (Wildman–Crippen MR) is 105 cm³/mol. The van der Waals surface area contributed by atoms with Crippen LogP contribution in [0.5, 0.6) is 0 Å². The monoisotopic (exact) mass is 384 g/mol. The highest BCUT2D eigenvalue weighted by Gasteiger charge is 2.27. The molecular weight excluding hydrogens is 360 g/mol. The average Bonchev–Trinajstić information content (AvgIpc) is 3.03. The first-order valence-electron chi connectivity index (χ1n) is 9.16. The quantitative estimate of drug-likeness (QED) is 0.458. The zero-order chi connectivity index (χ0) is 20.3. The second-order valence-corrected chi connectivity index (χ2v) is 7.72. The van der Waals surface area contributed by atoms with Gasteiger partial charge < -0.3 is 19.1 Å². The van der Waals surface area contributed by atoms with Gasteiger partial charge in [-0.1, -0.05) is 11.2 Å². The molecule has 0 saturated carbocycles. The van der Waals surface area contributed by atoms with Gasteiger partial charge in [0, 0.05) is 53.9 Å². The fourth-order valence-electron chi connectivity index (χ4n) is 3.15. The van der Waals surface area contributed by atoms with Crippen molar-refractivity contribution in [2.24, 2.45) is 5.11 Å². The molecule has 1 aliphatic rings. The maximum Gasteiger partial charge on any atom is 0.410 e. The van der Waals surface area contributed by atoms with Crippen LogP contribution >= 0.6 is 0 Å². The molecule has 1 saturated heterocycles. The average molecular weight is 384 g/mol. The molecule has 0 N–H and O–H groups in total. The number of azide groups is 1. The van der Waals surface area contributed by atoms with Gasteiger partial charge in [-0.15, -0.1) is 0 Å². The zero-order valence-corrected chi connectivity index (χ0v) is 16.3. The van der Waals surface area contributed by atoms with Crippen molar-refractivity contribution in [1.82, 2.24) is 14.4 Å². The van der Waals surface area contributed by atoms with E-state index in [1.165, 1.54) is 0 Å². The highest BCUT2D eigenvalue weighted by atomic mass is 16.6. The van der Waals surface area contributed by atoms with Crippen molar-refractivity contribution in [3.05, 3.63) is 40.9 Å². The van der Waals surface area contributed by atoms with Crippen LogP contribution in [0.15, 0.2) is 35.6 Å². The van der Waals surface area contributed by atoms with Gasteiger partial charge in [0.1, 0.15) is 12.1 Å². The molecule has 1 aliphatic heterocycles. The van der Waals surface area contributed by atoms with Crippen molar-refractivity contribution in [1.29, 1.82) is 0 Å². The SMILES string of the molecule is CC(C)(C)OC(=O)N1CCN(C(=O)Cn2ccc3cc(N=[N+]=[N-])ccc32)CC1. The summed E-state index contributed by atoms with van der Waals surface area (Å²) in [5.41, 5.74) is 9.45. The van der Waals surface area contributed by atoms with Gasteiger partial charge in [0.2, 0.25) is 5.91 Å². The third-order valence-electron chi connectivity index (χ3n) is 4.50. The Bertz CT molecular complexity index is 931. The topological polar surface area (TPSA) is 104 Å². The lowest BCUT2D eigenvalue weighted by Crippen LogP contribution is -2.52. The fourth-order valence-corrected chi connectivity index (χ4v) is 3.15. The number of benzene rings is 1. The minimum Gasteiger partial charge on any atom is -0.444 e. The predicted octanol–water partition coefficient (Wildman–Crippen LogP) is 3.66. The lowest BCUT2D eigenvalue weighted by molar-refractivity contribution is -0.133. The number of carbonyl (C=O) groups is 2. The Hall–Kier alpha value is -3.19. The molecule has 0 spiro atoms. The lowest BCUT2D eigenvalue weighted by atomic mass is 10.2. The summed E-state index contributed by atoms with van der Waals surface area (Å²) in [6.45, 7) is 7.61. The molecule has 1 fully saturated rings. The Morgan fingerprint density at radius 3 is 2.46 bits per heavy atom. The minimum absolute atomic E-state index is 0.000427. The molecule has 3 rings (SSSR count). The van der Waals surface area contributed by atoms with Crippen molar-refractivity contribution < 1.29 is 14.3 Å². The molecule has 1 aromatic carbocycles. The number of amides is 2. The Morgan fingerprint density at radius 1 is 1.14 bits per heavy atom. The molecule has 28 heavy (non-hydrogen) atoms. The second kappa shape index (κ2) is 7.82. The smallest absolute Gasteiger partial charge is 0.410 e. The van der Waals surface area contributed by atoms with Crippen LogP contribution in [-0.2, 0) is 16.1 Å². The van der Waals surface area contributed by atoms with Crippen LogP contribution < -0.4 is 0 Å². The summed E-state index contributed by atoms with van der Waals surface area (Å²) in [6, 6.07) is 7.24. The molecule has 148 valence electrons. The van der Waals surface area contributed by atoms with E-state index in [1.807, 2.05) is 43.7 Å². The van der Waals surface area contributed by atoms with E-state index in [0.717, 1.165) is 10.9 Å². The number of carbonyl (C=O) groups excluding carboxylic acids is 2.